The highest BCUT2D eigenvalue weighted by Gasteiger charge is 2.22. The lowest BCUT2D eigenvalue weighted by Gasteiger charge is -2.34. The van der Waals surface area contributed by atoms with E-state index in [2.05, 4.69) is 4.90 Å². The van der Waals surface area contributed by atoms with Crippen LogP contribution in [0, 0.1) is 0 Å². The first-order valence-electron chi connectivity index (χ1n) is 8.00. The largest absolute Gasteiger partial charge is 0.497 e. The number of benzene rings is 2. The van der Waals surface area contributed by atoms with Gasteiger partial charge in [-0.3, -0.25) is 4.79 Å². The predicted molar refractivity (Wildman–Crippen MR) is 95.7 cm³/mol. The average Bonchev–Trinajstić information content (AvgIpc) is 2.64. The zero-order valence-corrected chi connectivity index (χ0v) is 14.3. The van der Waals surface area contributed by atoms with Gasteiger partial charge >= 0.3 is 0 Å². The zero-order valence-electron chi connectivity index (χ0n) is 13.6. The number of nitrogens with zero attached hydrogens (tertiary/aromatic N) is 1. The van der Waals surface area contributed by atoms with Gasteiger partial charge in [-0.05, 0) is 36.4 Å². The second-order valence-corrected chi connectivity index (χ2v) is 6.24. The monoisotopic (exact) mass is 345 g/mol. The van der Waals surface area contributed by atoms with Crippen molar-refractivity contribution in [3.8, 4) is 11.5 Å². The van der Waals surface area contributed by atoms with Gasteiger partial charge in [0.05, 0.1) is 12.8 Å². The van der Waals surface area contributed by atoms with E-state index in [-0.39, 0.29) is 6.10 Å². The molecule has 2 aromatic carbocycles. The maximum Gasteiger partial charge on any atom is 0.152 e. The van der Waals surface area contributed by atoms with Crippen LogP contribution >= 0.6 is 11.6 Å². The fourth-order valence-corrected chi connectivity index (χ4v) is 3.07. The Labute approximate surface area is 146 Å². The van der Waals surface area contributed by atoms with Gasteiger partial charge in [0.1, 0.15) is 17.6 Å². The van der Waals surface area contributed by atoms with E-state index < -0.39 is 0 Å². The maximum absolute atomic E-state index is 11.3. The summed E-state index contributed by atoms with van der Waals surface area (Å²) in [6.45, 7) is 1.68. The minimum absolute atomic E-state index is 0.174. The molecular formula is C19H20ClNO3. The molecule has 3 rings (SSSR count). The Bertz CT molecular complexity index is 694. The molecule has 0 bridgehead atoms. The van der Waals surface area contributed by atoms with Crippen molar-refractivity contribution >= 4 is 23.6 Å². The van der Waals surface area contributed by atoms with Crippen LogP contribution in [0.15, 0.2) is 42.5 Å². The quantitative estimate of drug-likeness (QED) is 0.761. The first-order valence-corrected chi connectivity index (χ1v) is 8.38. The van der Waals surface area contributed by atoms with Crippen molar-refractivity contribution in [2.45, 2.75) is 18.9 Å². The summed E-state index contributed by atoms with van der Waals surface area (Å²) in [5.41, 5.74) is 1.61. The van der Waals surface area contributed by atoms with Crippen LogP contribution < -0.4 is 14.4 Å². The third kappa shape index (κ3) is 3.82. The molecule has 2 aromatic rings. The zero-order chi connectivity index (χ0) is 16.9. The number of hydrogen-bond acceptors (Lipinski definition) is 4. The molecule has 1 heterocycles. The van der Waals surface area contributed by atoms with E-state index in [0.717, 1.165) is 49.4 Å². The maximum atomic E-state index is 11.3. The van der Waals surface area contributed by atoms with Gasteiger partial charge in [-0.1, -0.05) is 11.6 Å². The molecule has 0 radical (unpaired) electrons. The lowest BCUT2D eigenvalue weighted by molar-refractivity contribution is 0.112. The average molecular weight is 346 g/mol. The summed E-state index contributed by atoms with van der Waals surface area (Å²) in [4.78, 5) is 13.5. The first-order chi connectivity index (χ1) is 11.7. The SMILES string of the molecule is COc1ccc(C=O)c(N2CCC(Oc3ccc(Cl)cc3)CC2)c1. The van der Waals surface area contributed by atoms with Crippen molar-refractivity contribution in [3.63, 3.8) is 0 Å². The van der Waals surface area contributed by atoms with E-state index >= 15 is 0 Å². The van der Waals surface area contributed by atoms with Gasteiger partial charge in [0.15, 0.2) is 6.29 Å². The molecule has 0 aromatic heterocycles. The molecule has 1 aliphatic heterocycles. The van der Waals surface area contributed by atoms with Gasteiger partial charge in [0, 0.05) is 42.6 Å². The minimum atomic E-state index is 0.174. The molecule has 0 atom stereocenters. The van der Waals surface area contributed by atoms with Crippen LogP contribution in [0.1, 0.15) is 23.2 Å². The van der Waals surface area contributed by atoms with Crippen molar-refractivity contribution in [2.75, 3.05) is 25.1 Å². The van der Waals surface area contributed by atoms with Crippen molar-refractivity contribution < 1.29 is 14.3 Å². The first kappa shape index (κ1) is 16.7. The molecule has 0 unspecified atom stereocenters. The van der Waals surface area contributed by atoms with E-state index in [1.54, 1.807) is 13.2 Å². The number of methoxy groups -OCH3 is 1. The third-order valence-corrected chi connectivity index (χ3v) is 4.52. The van der Waals surface area contributed by atoms with Crippen LogP contribution in [0.5, 0.6) is 11.5 Å². The summed E-state index contributed by atoms with van der Waals surface area (Å²) < 4.78 is 11.3. The number of rotatable bonds is 5. The van der Waals surface area contributed by atoms with Crippen LogP contribution in [-0.4, -0.2) is 32.6 Å². The molecule has 1 fully saturated rings. The Balaban J connectivity index is 1.64. The fourth-order valence-electron chi connectivity index (χ4n) is 2.94. The summed E-state index contributed by atoms with van der Waals surface area (Å²) in [7, 11) is 1.63. The van der Waals surface area contributed by atoms with Gasteiger partial charge in [-0.25, -0.2) is 0 Å². The minimum Gasteiger partial charge on any atom is -0.497 e. The lowest BCUT2D eigenvalue weighted by Crippen LogP contribution is -2.38. The number of aldehydes is 1. The Kier molecular flexibility index (Phi) is 5.26. The van der Waals surface area contributed by atoms with Gasteiger partial charge in [-0.15, -0.1) is 0 Å². The van der Waals surface area contributed by atoms with Crippen molar-refractivity contribution in [2.24, 2.45) is 0 Å². The Morgan fingerprint density at radius 3 is 2.38 bits per heavy atom. The predicted octanol–water partition coefficient (Wildman–Crippen LogP) is 4.21. The highest BCUT2D eigenvalue weighted by molar-refractivity contribution is 6.30. The summed E-state index contributed by atoms with van der Waals surface area (Å²) in [6.07, 6.45) is 2.87. The molecule has 126 valence electrons. The molecule has 0 saturated carbocycles. The van der Waals surface area contributed by atoms with Gasteiger partial charge < -0.3 is 14.4 Å². The molecule has 5 heteroatoms. The number of ether oxygens (including phenoxy) is 2. The van der Waals surface area contributed by atoms with Crippen molar-refractivity contribution in [1.82, 2.24) is 0 Å². The summed E-state index contributed by atoms with van der Waals surface area (Å²) in [5, 5.41) is 0.705. The smallest absolute Gasteiger partial charge is 0.152 e. The van der Waals surface area contributed by atoms with E-state index in [1.165, 1.54) is 0 Å². The molecule has 1 saturated heterocycles. The van der Waals surface area contributed by atoms with Crippen LogP contribution in [-0.2, 0) is 0 Å². The van der Waals surface area contributed by atoms with E-state index in [9.17, 15) is 4.79 Å². The Morgan fingerprint density at radius 2 is 1.75 bits per heavy atom. The number of piperidine rings is 1. The standard InChI is InChI=1S/C19H20ClNO3/c1-23-18-5-2-14(13-22)19(12-18)21-10-8-17(9-11-21)24-16-6-3-15(20)4-7-16/h2-7,12-13,17H,8-11H2,1H3. The molecule has 0 N–H and O–H groups in total. The number of carbonyl (C=O) groups excluding carboxylic acids is 1. The van der Waals surface area contributed by atoms with Gasteiger partial charge in [-0.2, -0.15) is 0 Å². The molecule has 0 aliphatic carbocycles. The summed E-state index contributed by atoms with van der Waals surface area (Å²) in [6, 6.07) is 13.0. The van der Waals surface area contributed by atoms with E-state index in [0.29, 0.717) is 10.6 Å². The second-order valence-electron chi connectivity index (χ2n) is 5.80. The summed E-state index contributed by atoms with van der Waals surface area (Å²) >= 11 is 5.89. The number of halogens is 1. The van der Waals surface area contributed by atoms with Gasteiger partial charge in [0.2, 0.25) is 0 Å². The molecular weight excluding hydrogens is 326 g/mol. The van der Waals surface area contributed by atoms with E-state index in [4.69, 9.17) is 21.1 Å². The topological polar surface area (TPSA) is 38.8 Å². The number of anilines is 1. The van der Waals surface area contributed by atoms with Crippen molar-refractivity contribution in [1.29, 1.82) is 0 Å². The summed E-state index contributed by atoms with van der Waals surface area (Å²) in [5.74, 6) is 1.60. The molecule has 0 amide bonds. The number of hydrogen-bond donors (Lipinski definition) is 0. The second kappa shape index (κ2) is 7.58. The van der Waals surface area contributed by atoms with Gasteiger partial charge in [0.25, 0.3) is 0 Å². The van der Waals surface area contributed by atoms with Crippen LogP contribution in [0.3, 0.4) is 0 Å². The molecule has 1 aliphatic rings. The third-order valence-electron chi connectivity index (χ3n) is 4.26. The number of carbonyl (C=O) groups is 1. The Morgan fingerprint density at radius 1 is 1.08 bits per heavy atom. The van der Waals surface area contributed by atoms with Crippen LogP contribution in [0.25, 0.3) is 0 Å². The highest BCUT2D eigenvalue weighted by atomic mass is 35.5. The molecule has 4 nitrogen and oxygen atoms in total. The van der Waals surface area contributed by atoms with E-state index in [1.807, 2.05) is 36.4 Å². The highest BCUT2D eigenvalue weighted by Crippen LogP contribution is 2.29. The Hall–Kier alpha value is -2.20. The van der Waals surface area contributed by atoms with Crippen LogP contribution in [0.2, 0.25) is 5.02 Å². The molecule has 24 heavy (non-hydrogen) atoms. The fraction of sp³-hybridized carbons (Fsp3) is 0.316. The lowest BCUT2D eigenvalue weighted by atomic mass is 10.0. The van der Waals surface area contributed by atoms with Crippen LogP contribution in [0.4, 0.5) is 5.69 Å². The normalized spacial score (nSPS) is 15.2. The molecule has 0 spiro atoms. The van der Waals surface area contributed by atoms with Crippen molar-refractivity contribution in [3.05, 3.63) is 53.1 Å².